The Hall–Kier alpha value is -1.10. The van der Waals surface area contributed by atoms with Crippen LogP contribution in [0.15, 0.2) is 40.9 Å². The van der Waals surface area contributed by atoms with Crippen molar-refractivity contribution in [3.63, 3.8) is 0 Å². The highest BCUT2D eigenvalue weighted by Crippen LogP contribution is 2.31. The van der Waals surface area contributed by atoms with Gasteiger partial charge < -0.3 is 10.1 Å². The molecule has 1 N–H and O–H groups in total. The van der Waals surface area contributed by atoms with E-state index in [0.717, 1.165) is 17.7 Å². The van der Waals surface area contributed by atoms with Gasteiger partial charge in [0.2, 0.25) is 0 Å². The zero-order chi connectivity index (χ0) is 15.4. The molecule has 0 fully saturated rings. The normalized spacial score (nSPS) is 12.2. The molecule has 0 aliphatic rings. The van der Waals surface area contributed by atoms with Crippen LogP contribution in [-0.4, -0.2) is 13.7 Å². The second-order valence-corrected chi connectivity index (χ2v) is 5.82. The highest BCUT2D eigenvalue weighted by Gasteiger charge is 2.16. The van der Waals surface area contributed by atoms with Crippen molar-refractivity contribution in [1.29, 1.82) is 0 Å². The van der Waals surface area contributed by atoms with Crippen molar-refractivity contribution in [2.45, 2.75) is 13.0 Å². The van der Waals surface area contributed by atoms with E-state index in [4.69, 9.17) is 16.3 Å². The van der Waals surface area contributed by atoms with Crippen molar-refractivity contribution in [3.05, 3.63) is 62.8 Å². The van der Waals surface area contributed by atoms with Gasteiger partial charge >= 0.3 is 0 Å². The maximum atomic E-state index is 13.8. The summed E-state index contributed by atoms with van der Waals surface area (Å²) < 4.78 is 19.5. The maximum absolute atomic E-state index is 13.8. The van der Waals surface area contributed by atoms with Crippen LogP contribution in [0.1, 0.15) is 24.1 Å². The van der Waals surface area contributed by atoms with E-state index >= 15 is 0 Å². The molecule has 21 heavy (non-hydrogen) atoms. The molecule has 0 spiro atoms. The first kappa shape index (κ1) is 16.3. The smallest absolute Gasteiger partial charge is 0.137 e. The number of benzene rings is 2. The van der Waals surface area contributed by atoms with Crippen LogP contribution in [0.25, 0.3) is 0 Å². The van der Waals surface area contributed by atoms with E-state index in [2.05, 4.69) is 21.2 Å². The Kier molecular flexibility index (Phi) is 5.62. The lowest BCUT2D eigenvalue weighted by Gasteiger charge is -2.20. The highest BCUT2D eigenvalue weighted by molar-refractivity contribution is 9.10. The van der Waals surface area contributed by atoms with Crippen LogP contribution >= 0.6 is 27.5 Å². The predicted molar refractivity (Wildman–Crippen MR) is 87.6 cm³/mol. The first-order valence-corrected chi connectivity index (χ1v) is 7.75. The van der Waals surface area contributed by atoms with Crippen molar-refractivity contribution in [2.75, 3.05) is 13.7 Å². The van der Waals surface area contributed by atoms with Crippen molar-refractivity contribution in [2.24, 2.45) is 0 Å². The Morgan fingerprint density at radius 2 is 1.90 bits per heavy atom. The molecule has 0 bridgehead atoms. The fourth-order valence-electron chi connectivity index (χ4n) is 2.18. The standard InChI is InChI=1S/C16H16BrClFNO/c1-3-20-16(10-4-6-12(17)14(19)8-10)11-5-7-13(18)15(9-11)21-2/h4-9,16,20H,3H2,1-2H3. The number of methoxy groups -OCH3 is 1. The molecule has 2 rings (SSSR count). The average Bonchev–Trinajstić information content (AvgIpc) is 2.48. The second-order valence-electron chi connectivity index (χ2n) is 4.56. The summed E-state index contributed by atoms with van der Waals surface area (Å²) in [6.45, 7) is 2.77. The molecule has 0 radical (unpaired) electrons. The van der Waals surface area contributed by atoms with Gasteiger partial charge in [0.15, 0.2) is 0 Å². The van der Waals surface area contributed by atoms with Gasteiger partial charge in [-0.2, -0.15) is 0 Å². The first-order chi connectivity index (χ1) is 10.1. The molecule has 1 unspecified atom stereocenters. The third-order valence-electron chi connectivity index (χ3n) is 3.19. The Labute approximate surface area is 137 Å². The largest absolute Gasteiger partial charge is 0.495 e. The second kappa shape index (κ2) is 7.25. The van der Waals surface area contributed by atoms with E-state index in [1.54, 1.807) is 19.2 Å². The SMILES string of the molecule is CCNC(c1ccc(Br)c(F)c1)c1ccc(Cl)c(OC)c1. The van der Waals surface area contributed by atoms with Gasteiger partial charge in [0, 0.05) is 0 Å². The van der Waals surface area contributed by atoms with Crippen LogP contribution in [-0.2, 0) is 0 Å². The fourth-order valence-corrected chi connectivity index (χ4v) is 2.62. The fraction of sp³-hybridized carbons (Fsp3) is 0.250. The van der Waals surface area contributed by atoms with Crippen molar-refractivity contribution in [1.82, 2.24) is 5.32 Å². The van der Waals surface area contributed by atoms with Gasteiger partial charge in [-0.1, -0.05) is 30.7 Å². The molecular weight excluding hydrogens is 357 g/mol. The van der Waals surface area contributed by atoms with Crippen LogP contribution in [0, 0.1) is 5.82 Å². The Morgan fingerprint density at radius 1 is 1.24 bits per heavy atom. The Morgan fingerprint density at radius 3 is 2.52 bits per heavy atom. The number of nitrogens with one attached hydrogen (secondary N) is 1. The lowest BCUT2D eigenvalue weighted by atomic mass is 9.98. The van der Waals surface area contributed by atoms with E-state index in [-0.39, 0.29) is 11.9 Å². The maximum Gasteiger partial charge on any atom is 0.137 e. The molecule has 0 saturated carbocycles. The minimum Gasteiger partial charge on any atom is -0.495 e. The molecule has 0 aliphatic heterocycles. The van der Waals surface area contributed by atoms with Crippen molar-refractivity contribution < 1.29 is 9.13 Å². The molecule has 2 aromatic rings. The molecule has 112 valence electrons. The van der Waals surface area contributed by atoms with Crippen LogP contribution in [0.5, 0.6) is 5.75 Å². The van der Waals surface area contributed by atoms with Gasteiger partial charge in [-0.25, -0.2) is 4.39 Å². The summed E-state index contributed by atoms with van der Waals surface area (Å²) in [4.78, 5) is 0. The zero-order valence-electron chi connectivity index (χ0n) is 11.8. The van der Waals surface area contributed by atoms with Crippen LogP contribution in [0.3, 0.4) is 0 Å². The summed E-state index contributed by atoms with van der Waals surface area (Å²) in [7, 11) is 1.58. The lowest BCUT2D eigenvalue weighted by molar-refractivity contribution is 0.414. The van der Waals surface area contributed by atoms with Gasteiger partial charge in [-0.05, 0) is 57.9 Å². The molecular formula is C16H16BrClFNO. The monoisotopic (exact) mass is 371 g/mol. The number of ether oxygens (including phenoxy) is 1. The molecule has 5 heteroatoms. The summed E-state index contributed by atoms with van der Waals surface area (Å²) in [5.41, 5.74) is 1.82. The van der Waals surface area contributed by atoms with Crippen molar-refractivity contribution in [3.8, 4) is 5.75 Å². The number of hydrogen-bond donors (Lipinski definition) is 1. The average molecular weight is 373 g/mol. The van der Waals surface area contributed by atoms with E-state index in [1.807, 2.05) is 25.1 Å². The molecule has 2 aromatic carbocycles. The molecule has 0 aromatic heterocycles. The quantitative estimate of drug-likeness (QED) is 0.802. The number of rotatable bonds is 5. The highest BCUT2D eigenvalue weighted by atomic mass is 79.9. The van der Waals surface area contributed by atoms with E-state index < -0.39 is 0 Å². The third-order valence-corrected chi connectivity index (χ3v) is 4.15. The van der Waals surface area contributed by atoms with E-state index in [0.29, 0.717) is 15.2 Å². The van der Waals surface area contributed by atoms with Gasteiger partial charge in [0.1, 0.15) is 11.6 Å². The van der Waals surface area contributed by atoms with E-state index in [1.165, 1.54) is 6.07 Å². The van der Waals surface area contributed by atoms with Gasteiger partial charge in [-0.15, -0.1) is 0 Å². The van der Waals surface area contributed by atoms with Crippen LogP contribution in [0.2, 0.25) is 5.02 Å². The molecule has 0 aliphatic carbocycles. The molecule has 2 nitrogen and oxygen atoms in total. The molecule has 0 heterocycles. The first-order valence-electron chi connectivity index (χ1n) is 6.58. The van der Waals surface area contributed by atoms with Gasteiger partial charge in [-0.3, -0.25) is 0 Å². The summed E-state index contributed by atoms with van der Waals surface area (Å²) in [6.07, 6.45) is 0. The van der Waals surface area contributed by atoms with Crippen LogP contribution in [0.4, 0.5) is 4.39 Å². The third kappa shape index (κ3) is 3.76. The molecule has 0 saturated heterocycles. The predicted octanol–water partition coefficient (Wildman–Crippen LogP) is 4.95. The van der Waals surface area contributed by atoms with Crippen molar-refractivity contribution >= 4 is 27.5 Å². The minimum atomic E-state index is -0.281. The molecule has 1 atom stereocenters. The lowest BCUT2D eigenvalue weighted by Crippen LogP contribution is -2.22. The summed E-state index contributed by atoms with van der Waals surface area (Å²) in [6, 6.07) is 10.6. The topological polar surface area (TPSA) is 21.3 Å². The number of halogens is 3. The van der Waals surface area contributed by atoms with Crippen LogP contribution < -0.4 is 10.1 Å². The van der Waals surface area contributed by atoms with Gasteiger partial charge in [0.05, 0.1) is 22.6 Å². The van der Waals surface area contributed by atoms with Gasteiger partial charge in [0.25, 0.3) is 0 Å². The number of hydrogen-bond acceptors (Lipinski definition) is 2. The summed E-state index contributed by atoms with van der Waals surface area (Å²) in [5.74, 6) is 0.325. The Bertz CT molecular complexity index is 636. The zero-order valence-corrected chi connectivity index (χ0v) is 14.1. The minimum absolute atomic E-state index is 0.122. The Balaban J connectivity index is 2.44. The summed E-state index contributed by atoms with van der Waals surface area (Å²) >= 11 is 9.23. The summed E-state index contributed by atoms with van der Waals surface area (Å²) in [5, 5.41) is 3.91. The van der Waals surface area contributed by atoms with E-state index in [9.17, 15) is 4.39 Å². The molecule has 0 amide bonds.